The molecule has 2 heterocycles. The fraction of sp³-hybridized carbons (Fsp3) is 0.167. The van der Waals surface area contributed by atoms with E-state index in [1.54, 1.807) is 0 Å². The van der Waals surface area contributed by atoms with E-state index in [1.165, 1.54) is 5.56 Å². The Morgan fingerprint density at radius 1 is 0.966 bits per heavy atom. The number of aromatic nitrogens is 3. The molecule has 2 aromatic carbocycles. The van der Waals surface area contributed by atoms with Gasteiger partial charge in [0.1, 0.15) is 5.56 Å². The molecular formula is C24H24N4O. The van der Waals surface area contributed by atoms with Crippen LogP contribution in [0.25, 0.3) is 11.5 Å². The number of nitrogens with one attached hydrogen (secondary N) is 1. The van der Waals surface area contributed by atoms with Gasteiger partial charge < -0.3 is 9.88 Å². The Kier molecular flexibility index (Phi) is 5.04. The van der Waals surface area contributed by atoms with Gasteiger partial charge in [-0.05, 0) is 56.2 Å². The lowest BCUT2D eigenvalue weighted by molar-refractivity contribution is 0.102. The number of anilines is 1. The molecule has 0 bridgehead atoms. The molecule has 0 saturated heterocycles. The minimum atomic E-state index is -0.162. The van der Waals surface area contributed by atoms with Gasteiger partial charge in [-0.1, -0.05) is 42.8 Å². The van der Waals surface area contributed by atoms with Crippen LogP contribution in [0.4, 0.5) is 5.69 Å². The first-order chi connectivity index (χ1) is 14.1. The Morgan fingerprint density at radius 2 is 1.66 bits per heavy atom. The molecule has 0 spiro atoms. The molecule has 5 nitrogen and oxygen atoms in total. The predicted octanol–water partition coefficient (Wildman–Crippen LogP) is 5.09. The van der Waals surface area contributed by atoms with Crippen molar-refractivity contribution in [3.05, 3.63) is 95.4 Å². The molecule has 0 aliphatic rings. The van der Waals surface area contributed by atoms with Crippen LogP contribution in [0.3, 0.4) is 0 Å². The number of aryl methyl sites for hydroxylation is 3. The normalized spacial score (nSPS) is 10.9. The maximum atomic E-state index is 13.3. The van der Waals surface area contributed by atoms with E-state index in [0.717, 1.165) is 29.2 Å². The molecule has 1 N–H and O–H groups in total. The van der Waals surface area contributed by atoms with Crippen LogP contribution in [-0.4, -0.2) is 20.3 Å². The van der Waals surface area contributed by atoms with Gasteiger partial charge in [0.15, 0.2) is 5.82 Å². The van der Waals surface area contributed by atoms with Crippen molar-refractivity contribution >= 4 is 11.6 Å². The molecular weight excluding hydrogens is 360 g/mol. The maximum Gasteiger partial charge on any atom is 0.261 e. The monoisotopic (exact) mass is 384 g/mol. The summed E-state index contributed by atoms with van der Waals surface area (Å²) in [5.41, 5.74) is 5.27. The standard InChI is InChI=1S/C24H24N4O/c1-4-19-9-5-6-10-21(19)25-23(29)22-18(3)26-28(20-13-11-17(2)12-14-20)24(22)27-15-7-8-16-27/h5-16H,4H2,1-3H3,(H,25,29). The lowest BCUT2D eigenvalue weighted by Gasteiger charge is -2.13. The van der Waals surface area contributed by atoms with Crippen molar-refractivity contribution in [2.24, 2.45) is 0 Å². The number of benzene rings is 2. The summed E-state index contributed by atoms with van der Waals surface area (Å²) in [6.07, 6.45) is 4.71. The molecule has 29 heavy (non-hydrogen) atoms. The highest BCUT2D eigenvalue weighted by Gasteiger charge is 2.24. The van der Waals surface area contributed by atoms with E-state index < -0.39 is 0 Å². The summed E-state index contributed by atoms with van der Waals surface area (Å²) in [6.45, 7) is 6.00. The number of rotatable bonds is 5. The fourth-order valence-electron chi connectivity index (χ4n) is 3.50. The zero-order valence-electron chi connectivity index (χ0n) is 16.9. The minimum absolute atomic E-state index is 0.162. The molecule has 0 radical (unpaired) electrons. The van der Waals surface area contributed by atoms with Crippen LogP contribution >= 0.6 is 0 Å². The van der Waals surface area contributed by atoms with Crippen molar-refractivity contribution in [2.75, 3.05) is 5.32 Å². The van der Waals surface area contributed by atoms with Crippen LogP contribution in [0.5, 0.6) is 0 Å². The Labute approximate surface area is 170 Å². The smallest absolute Gasteiger partial charge is 0.261 e. The molecule has 5 heteroatoms. The first kappa shape index (κ1) is 18.7. The molecule has 0 fully saturated rings. The number of nitrogens with zero attached hydrogens (tertiary/aromatic N) is 3. The average molecular weight is 384 g/mol. The zero-order valence-corrected chi connectivity index (χ0v) is 16.9. The van der Waals surface area contributed by atoms with Crippen molar-refractivity contribution in [2.45, 2.75) is 27.2 Å². The van der Waals surface area contributed by atoms with Crippen molar-refractivity contribution in [1.82, 2.24) is 14.3 Å². The van der Waals surface area contributed by atoms with Crippen molar-refractivity contribution in [3.8, 4) is 11.5 Å². The van der Waals surface area contributed by atoms with Gasteiger partial charge in [-0.25, -0.2) is 4.68 Å². The third kappa shape index (κ3) is 3.59. The van der Waals surface area contributed by atoms with Gasteiger partial charge in [-0.15, -0.1) is 0 Å². The summed E-state index contributed by atoms with van der Waals surface area (Å²) < 4.78 is 3.76. The van der Waals surface area contributed by atoms with Crippen molar-refractivity contribution < 1.29 is 4.79 Å². The van der Waals surface area contributed by atoms with E-state index in [-0.39, 0.29) is 5.91 Å². The number of hydrogen-bond donors (Lipinski definition) is 1. The van der Waals surface area contributed by atoms with Gasteiger partial charge in [0.05, 0.1) is 11.4 Å². The molecule has 2 aromatic heterocycles. The Bertz CT molecular complexity index is 1140. The van der Waals surface area contributed by atoms with Crippen LogP contribution in [0.2, 0.25) is 0 Å². The summed E-state index contributed by atoms with van der Waals surface area (Å²) >= 11 is 0. The third-order valence-electron chi connectivity index (χ3n) is 5.04. The number of para-hydroxylation sites is 1. The van der Waals surface area contributed by atoms with Crippen LogP contribution in [0, 0.1) is 13.8 Å². The molecule has 4 aromatic rings. The first-order valence-corrected chi connectivity index (χ1v) is 9.77. The molecule has 146 valence electrons. The lowest BCUT2D eigenvalue weighted by Crippen LogP contribution is -2.17. The van der Waals surface area contributed by atoms with E-state index in [1.807, 2.05) is 89.2 Å². The maximum absolute atomic E-state index is 13.3. The molecule has 0 atom stereocenters. The van der Waals surface area contributed by atoms with Gasteiger partial charge >= 0.3 is 0 Å². The first-order valence-electron chi connectivity index (χ1n) is 9.77. The summed E-state index contributed by atoms with van der Waals surface area (Å²) in [5.74, 6) is 0.563. The molecule has 1 amide bonds. The molecule has 0 unspecified atom stereocenters. The highest BCUT2D eigenvalue weighted by atomic mass is 16.1. The van der Waals surface area contributed by atoms with Crippen LogP contribution in [0.1, 0.15) is 34.1 Å². The number of carbonyl (C=O) groups excluding carboxylic acids is 1. The fourth-order valence-corrected chi connectivity index (χ4v) is 3.50. The SMILES string of the molecule is CCc1ccccc1NC(=O)c1c(C)nn(-c2ccc(C)cc2)c1-n1cccc1. The lowest BCUT2D eigenvalue weighted by atomic mass is 10.1. The van der Waals surface area contributed by atoms with E-state index in [0.29, 0.717) is 11.3 Å². The van der Waals surface area contributed by atoms with Gasteiger partial charge in [0.2, 0.25) is 0 Å². The minimum Gasteiger partial charge on any atom is -0.322 e. The van der Waals surface area contributed by atoms with Gasteiger partial charge in [-0.2, -0.15) is 5.10 Å². The number of carbonyl (C=O) groups is 1. The van der Waals surface area contributed by atoms with Gasteiger partial charge in [-0.3, -0.25) is 4.79 Å². The molecule has 0 aliphatic heterocycles. The van der Waals surface area contributed by atoms with Crippen molar-refractivity contribution in [1.29, 1.82) is 0 Å². The summed E-state index contributed by atoms with van der Waals surface area (Å²) in [4.78, 5) is 13.3. The second kappa shape index (κ2) is 7.80. The van der Waals surface area contributed by atoms with E-state index in [9.17, 15) is 4.79 Å². The van der Waals surface area contributed by atoms with E-state index in [2.05, 4.69) is 19.2 Å². The molecule has 4 rings (SSSR count). The third-order valence-corrected chi connectivity index (χ3v) is 5.04. The largest absolute Gasteiger partial charge is 0.322 e. The van der Waals surface area contributed by atoms with E-state index in [4.69, 9.17) is 5.10 Å². The topological polar surface area (TPSA) is 51.9 Å². The second-order valence-electron chi connectivity index (χ2n) is 7.09. The van der Waals surface area contributed by atoms with E-state index >= 15 is 0 Å². The highest BCUT2D eigenvalue weighted by molar-refractivity contribution is 6.07. The Hall–Kier alpha value is -3.60. The number of amides is 1. The van der Waals surface area contributed by atoms with Crippen LogP contribution < -0.4 is 5.32 Å². The summed E-state index contributed by atoms with van der Waals surface area (Å²) in [7, 11) is 0. The van der Waals surface area contributed by atoms with Crippen LogP contribution in [-0.2, 0) is 6.42 Å². The average Bonchev–Trinajstić information content (AvgIpc) is 3.36. The predicted molar refractivity (Wildman–Crippen MR) is 116 cm³/mol. The second-order valence-corrected chi connectivity index (χ2v) is 7.09. The Balaban J connectivity index is 1.83. The van der Waals surface area contributed by atoms with Gasteiger partial charge in [0.25, 0.3) is 5.91 Å². The molecule has 0 saturated carbocycles. The zero-order chi connectivity index (χ0) is 20.4. The quantitative estimate of drug-likeness (QED) is 0.521. The summed E-state index contributed by atoms with van der Waals surface area (Å²) in [5, 5.41) is 7.80. The van der Waals surface area contributed by atoms with Gasteiger partial charge in [0, 0.05) is 18.1 Å². The van der Waals surface area contributed by atoms with Crippen LogP contribution in [0.15, 0.2) is 73.1 Å². The highest BCUT2D eigenvalue weighted by Crippen LogP contribution is 2.25. The summed E-state index contributed by atoms with van der Waals surface area (Å²) in [6, 6.07) is 19.9. The molecule has 0 aliphatic carbocycles. The van der Waals surface area contributed by atoms with Crippen molar-refractivity contribution in [3.63, 3.8) is 0 Å². The Morgan fingerprint density at radius 3 is 2.34 bits per heavy atom. The number of hydrogen-bond acceptors (Lipinski definition) is 2.